The van der Waals surface area contributed by atoms with E-state index in [-0.39, 0.29) is 34.4 Å². The number of benzene rings is 2. The zero-order valence-corrected chi connectivity index (χ0v) is 24.6. The molecule has 10 heteroatoms. The van der Waals surface area contributed by atoms with Crippen molar-refractivity contribution < 1.29 is 35.9 Å². The lowest BCUT2D eigenvalue weighted by molar-refractivity contribution is -0.138. The number of fused-ring (bicyclic) bond motifs is 5. The van der Waals surface area contributed by atoms with Gasteiger partial charge in [0.25, 0.3) is 0 Å². The lowest BCUT2D eigenvalue weighted by atomic mass is 9.50. The molecule has 2 saturated carbocycles. The van der Waals surface area contributed by atoms with Crippen LogP contribution in [0, 0.1) is 34.5 Å². The Kier molecular flexibility index (Phi) is 7.44. The minimum Gasteiger partial charge on any atom is -0.387 e. The number of ketones is 1. The molecule has 3 aliphatic carbocycles. The summed E-state index contributed by atoms with van der Waals surface area (Å²) in [7, 11) is 0. The molecule has 0 aromatic heterocycles. The number of hydrogen-bond acceptors (Lipinski definition) is 3. The molecule has 0 bridgehead atoms. The van der Waals surface area contributed by atoms with E-state index < -0.39 is 29.5 Å². The van der Waals surface area contributed by atoms with Gasteiger partial charge < -0.3 is 10.6 Å². The van der Waals surface area contributed by atoms with Crippen LogP contribution in [0.4, 0.5) is 26.3 Å². The summed E-state index contributed by atoms with van der Waals surface area (Å²) in [6, 6.07) is 7.84. The Morgan fingerprint density at radius 2 is 1.41 bits per heavy atom. The predicted octanol–water partition coefficient (Wildman–Crippen LogP) is 7.84. The number of hydrogen-bond donors (Lipinski definition) is 2. The third-order valence-corrected chi connectivity index (χ3v) is 11.3. The number of piperidine rings is 1. The topological polar surface area (TPSA) is 58.2 Å². The van der Waals surface area contributed by atoms with E-state index in [1.807, 2.05) is 0 Å². The number of nitrogens with one attached hydrogen (secondary N) is 2. The van der Waals surface area contributed by atoms with Crippen molar-refractivity contribution in [2.45, 2.75) is 70.8 Å². The van der Waals surface area contributed by atoms with Crippen LogP contribution in [-0.2, 0) is 21.9 Å². The molecule has 1 saturated heterocycles. The van der Waals surface area contributed by atoms with Crippen LogP contribution in [0.5, 0.6) is 0 Å². The zero-order chi connectivity index (χ0) is 31.7. The van der Waals surface area contributed by atoms with Gasteiger partial charge in [0, 0.05) is 36.1 Å². The Hall–Kier alpha value is -3.30. The van der Waals surface area contributed by atoms with Gasteiger partial charge in [0.15, 0.2) is 5.78 Å². The number of carbonyl (C=O) groups excluding carboxylic acids is 2. The molecule has 4 aliphatic rings. The summed E-state index contributed by atoms with van der Waals surface area (Å²) in [6.07, 6.45) is -2.72. The quantitative estimate of drug-likeness (QED) is 0.343. The molecule has 4 unspecified atom stereocenters. The highest BCUT2D eigenvalue weighted by atomic mass is 19.4. The molecule has 6 atom stereocenters. The molecule has 0 spiro atoms. The Bertz CT molecular complexity index is 1410. The first-order valence-electron chi connectivity index (χ1n) is 15.2. The maximum atomic E-state index is 14.1. The number of carbonyl (C=O) groups is 2. The summed E-state index contributed by atoms with van der Waals surface area (Å²) in [5.74, 6) is 0.570. The number of amides is 1. The maximum Gasteiger partial charge on any atom is 0.416 e. The first kappa shape index (κ1) is 30.7. The molecule has 0 radical (unpaired) electrons. The summed E-state index contributed by atoms with van der Waals surface area (Å²) in [5.41, 5.74) is -0.375. The molecule has 2 aromatic rings. The number of halogens is 6. The lowest BCUT2D eigenvalue weighted by Gasteiger charge is -2.58. The minimum absolute atomic E-state index is 0.102. The largest absolute Gasteiger partial charge is 0.416 e. The van der Waals surface area contributed by atoms with Crippen molar-refractivity contribution in [2.75, 3.05) is 6.54 Å². The average molecular weight is 619 g/mol. The van der Waals surface area contributed by atoms with Crippen LogP contribution in [0.15, 0.2) is 60.3 Å². The summed E-state index contributed by atoms with van der Waals surface area (Å²) in [4.78, 5) is 26.2. The minimum atomic E-state index is -4.55. The zero-order valence-electron chi connectivity index (χ0n) is 24.6. The Labute approximate surface area is 252 Å². The molecular formula is C34H36F6N2O2. The van der Waals surface area contributed by atoms with E-state index in [9.17, 15) is 35.9 Å². The van der Waals surface area contributed by atoms with Crippen molar-refractivity contribution in [3.63, 3.8) is 0 Å². The van der Waals surface area contributed by atoms with Gasteiger partial charge in [-0.3, -0.25) is 9.59 Å². The molecule has 2 aromatic carbocycles. The van der Waals surface area contributed by atoms with E-state index in [1.54, 1.807) is 6.08 Å². The van der Waals surface area contributed by atoms with Crippen LogP contribution in [0.1, 0.15) is 80.7 Å². The highest BCUT2D eigenvalue weighted by Crippen LogP contribution is 2.64. The standard InChI is InChI=1S/C34H36F6N2O2/c1-31-16-14-26-24(18-41-28-17-23(43)13-15-32(26,28)2)25(31)11-12-27(31)30(44)42-29(19-3-7-21(8-4-19)33(35,36)37)20-5-9-22(10-6-20)34(38,39)40/h3-10,17,24-27,29,41H,11-16,18H2,1-2H3,(H,42,44)/t24?,25?,26?,27?,31-,32+/m0/s1. The van der Waals surface area contributed by atoms with Crippen molar-refractivity contribution >= 4 is 11.7 Å². The van der Waals surface area contributed by atoms with Crippen LogP contribution in [0.2, 0.25) is 0 Å². The second-order valence-corrected chi connectivity index (χ2v) is 13.6. The van der Waals surface area contributed by atoms with Crippen molar-refractivity contribution in [3.05, 3.63) is 82.6 Å². The van der Waals surface area contributed by atoms with Gasteiger partial charge in [0.2, 0.25) is 5.91 Å². The van der Waals surface area contributed by atoms with Crippen molar-refractivity contribution in [1.82, 2.24) is 10.6 Å². The fraction of sp³-hybridized carbons (Fsp3) is 0.529. The van der Waals surface area contributed by atoms with Crippen molar-refractivity contribution in [3.8, 4) is 0 Å². The number of alkyl halides is 6. The van der Waals surface area contributed by atoms with Gasteiger partial charge in [-0.1, -0.05) is 38.1 Å². The van der Waals surface area contributed by atoms with E-state index in [2.05, 4.69) is 24.5 Å². The van der Waals surface area contributed by atoms with E-state index in [1.165, 1.54) is 24.3 Å². The molecule has 44 heavy (non-hydrogen) atoms. The van der Waals surface area contributed by atoms with Gasteiger partial charge in [-0.25, -0.2) is 0 Å². The van der Waals surface area contributed by atoms with Crippen molar-refractivity contribution in [2.24, 2.45) is 34.5 Å². The Morgan fingerprint density at radius 3 is 1.95 bits per heavy atom. The van der Waals surface area contributed by atoms with Crippen LogP contribution < -0.4 is 10.6 Å². The van der Waals surface area contributed by atoms with Crippen molar-refractivity contribution in [1.29, 1.82) is 0 Å². The molecule has 1 amide bonds. The number of allylic oxidation sites excluding steroid dienone is 2. The Balaban J connectivity index is 1.26. The first-order chi connectivity index (χ1) is 20.6. The molecule has 1 heterocycles. The van der Waals surface area contributed by atoms with Gasteiger partial charge >= 0.3 is 12.4 Å². The van der Waals surface area contributed by atoms with E-state index in [0.29, 0.717) is 35.8 Å². The third kappa shape index (κ3) is 5.21. The predicted molar refractivity (Wildman–Crippen MR) is 152 cm³/mol. The molecule has 2 N–H and O–H groups in total. The van der Waals surface area contributed by atoms with Gasteiger partial charge in [0.1, 0.15) is 0 Å². The highest BCUT2D eigenvalue weighted by Gasteiger charge is 2.60. The lowest BCUT2D eigenvalue weighted by Crippen LogP contribution is -2.57. The maximum absolute atomic E-state index is 14.1. The smallest absolute Gasteiger partial charge is 0.387 e. The highest BCUT2D eigenvalue weighted by molar-refractivity contribution is 5.91. The second kappa shape index (κ2) is 10.7. The number of rotatable bonds is 4. The van der Waals surface area contributed by atoms with Crippen LogP contribution >= 0.6 is 0 Å². The molecule has 236 valence electrons. The Morgan fingerprint density at radius 1 is 0.841 bits per heavy atom. The normalized spacial score (nSPS) is 31.8. The van der Waals surface area contributed by atoms with E-state index in [4.69, 9.17) is 0 Å². The molecule has 4 nitrogen and oxygen atoms in total. The van der Waals surface area contributed by atoms with Gasteiger partial charge in [-0.05, 0) is 90.7 Å². The van der Waals surface area contributed by atoms with E-state index in [0.717, 1.165) is 62.2 Å². The summed E-state index contributed by atoms with van der Waals surface area (Å²) >= 11 is 0. The van der Waals surface area contributed by atoms with Gasteiger partial charge in [-0.2, -0.15) is 26.3 Å². The van der Waals surface area contributed by atoms with Gasteiger partial charge in [0.05, 0.1) is 17.2 Å². The molecule has 3 fully saturated rings. The molecule has 1 aliphatic heterocycles. The third-order valence-electron chi connectivity index (χ3n) is 11.3. The van der Waals surface area contributed by atoms with Crippen LogP contribution in [0.3, 0.4) is 0 Å². The summed E-state index contributed by atoms with van der Waals surface area (Å²) in [5, 5.41) is 6.58. The summed E-state index contributed by atoms with van der Waals surface area (Å²) in [6.45, 7) is 5.15. The van der Waals surface area contributed by atoms with Crippen LogP contribution in [0.25, 0.3) is 0 Å². The SMILES string of the molecule is C[C@]12CCC3C(CNC4=CC(=O)CC[C@@]43C)C1CCC2C(=O)NC(c1ccc(C(F)(F)F)cc1)c1ccc(C(F)(F)F)cc1. The average Bonchev–Trinajstić information content (AvgIpc) is 3.33. The fourth-order valence-corrected chi connectivity index (χ4v) is 8.91. The van der Waals surface area contributed by atoms with Crippen LogP contribution in [-0.4, -0.2) is 18.2 Å². The molecule has 6 rings (SSSR count). The molecular weight excluding hydrogens is 582 g/mol. The fourth-order valence-electron chi connectivity index (χ4n) is 8.91. The first-order valence-corrected chi connectivity index (χ1v) is 15.2. The summed E-state index contributed by atoms with van der Waals surface area (Å²) < 4.78 is 79.6. The van der Waals surface area contributed by atoms with E-state index >= 15 is 0 Å². The second-order valence-electron chi connectivity index (χ2n) is 13.6. The van der Waals surface area contributed by atoms with Gasteiger partial charge in [-0.15, -0.1) is 0 Å². The monoisotopic (exact) mass is 618 g/mol.